The lowest BCUT2D eigenvalue weighted by molar-refractivity contribution is 1.18. The highest BCUT2D eigenvalue weighted by Crippen LogP contribution is 2.45. The van der Waals surface area contributed by atoms with E-state index in [1.807, 2.05) is 11.3 Å². The van der Waals surface area contributed by atoms with E-state index in [1.54, 1.807) is 0 Å². The summed E-state index contributed by atoms with van der Waals surface area (Å²) in [6.45, 7) is 4.53. The van der Waals surface area contributed by atoms with Crippen LogP contribution in [-0.4, -0.2) is 4.57 Å². The number of thiophene rings is 1. The van der Waals surface area contributed by atoms with Gasteiger partial charge in [0.2, 0.25) is 0 Å². The lowest BCUT2D eigenvalue weighted by atomic mass is 9.91. The van der Waals surface area contributed by atoms with Gasteiger partial charge in [-0.15, -0.1) is 11.3 Å². The Morgan fingerprint density at radius 2 is 1.29 bits per heavy atom. The maximum atomic E-state index is 2.44. The number of fused-ring (bicyclic) bond motifs is 8. The third-order valence-electron chi connectivity index (χ3n) is 8.04. The molecule has 180 valence electrons. The lowest BCUT2D eigenvalue weighted by Gasteiger charge is -2.14. The highest BCUT2D eigenvalue weighted by atomic mass is 32.1. The normalized spacial score (nSPS) is 11.9. The number of aryl methyl sites for hydroxylation is 2. The van der Waals surface area contributed by atoms with Crippen LogP contribution in [0.5, 0.6) is 0 Å². The first-order chi connectivity index (χ1) is 18.7. The molecule has 0 aliphatic carbocycles. The van der Waals surface area contributed by atoms with Crippen molar-refractivity contribution >= 4 is 64.1 Å². The summed E-state index contributed by atoms with van der Waals surface area (Å²) in [7, 11) is 0. The topological polar surface area (TPSA) is 4.93 Å². The minimum absolute atomic E-state index is 1.19. The first-order valence-electron chi connectivity index (χ1n) is 13.1. The van der Waals surface area contributed by atoms with E-state index < -0.39 is 0 Å². The fourth-order valence-corrected chi connectivity index (χ4v) is 7.48. The number of rotatable bonds is 2. The molecule has 8 rings (SSSR count). The molecule has 0 aliphatic rings. The Balaban J connectivity index is 1.48. The molecule has 2 heterocycles. The highest BCUT2D eigenvalue weighted by Gasteiger charge is 2.20. The number of hydrogen-bond donors (Lipinski definition) is 0. The summed E-state index contributed by atoms with van der Waals surface area (Å²) in [4.78, 5) is 0. The van der Waals surface area contributed by atoms with Crippen LogP contribution in [0.3, 0.4) is 0 Å². The Hall–Kier alpha value is -4.40. The zero-order valence-corrected chi connectivity index (χ0v) is 22.1. The maximum absolute atomic E-state index is 2.44. The van der Waals surface area contributed by atoms with Crippen LogP contribution < -0.4 is 0 Å². The fraction of sp³-hybridized carbons (Fsp3) is 0.0556. The summed E-state index contributed by atoms with van der Waals surface area (Å²) < 4.78 is 5.11. The second kappa shape index (κ2) is 8.05. The smallest absolute Gasteiger partial charge is 0.0547 e. The van der Waals surface area contributed by atoms with Crippen molar-refractivity contribution in [2.75, 3.05) is 0 Å². The fourth-order valence-electron chi connectivity index (χ4n) is 6.34. The van der Waals surface area contributed by atoms with Crippen molar-refractivity contribution in [2.45, 2.75) is 13.8 Å². The van der Waals surface area contributed by atoms with Gasteiger partial charge in [-0.3, -0.25) is 0 Å². The number of para-hydroxylation sites is 2. The van der Waals surface area contributed by atoms with Crippen molar-refractivity contribution in [2.24, 2.45) is 0 Å². The predicted octanol–water partition coefficient (Wildman–Crippen LogP) is 10.6. The average molecular weight is 504 g/mol. The zero-order chi connectivity index (χ0) is 25.4. The van der Waals surface area contributed by atoms with Crippen LogP contribution in [0.25, 0.3) is 69.6 Å². The van der Waals surface area contributed by atoms with Gasteiger partial charge in [0, 0.05) is 36.6 Å². The standard InChI is InChI=1S/C36H25NS/c1-22-16-18-31-36(27-14-8-9-15-30(27)37(31)25-11-4-3-5-12-25)34(22)28-21-33-29(20-23(28)2)35-26-13-7-6-10-24(26)17-19-32(35)38-33/h3-21H,1-2H3. The van der Waals surface area contributed by atoms with Gasteiger partial charge in [-0.1, -0.05) is 72.8 Å². The molecular weight excluding hydrogens is 478 g/mol. The van der Waals surface area contributed by atoms with E-state index in [4.69, 9.17) is 0 Å². The van der Waals surface area contributed by atoms with Gasteiger partial charge in [0.25, 0.3) is 0 Å². The summed E-state index contributed by atoms with van der Waals surface area (Å²) in [5.74, 6) is 0. The summed E-state index contributed by atoms with van der Waals surface area (Å²) >= 11 is 1.91. The minimum atomic E-state index is 1.19. The van der Waals surface area contributed by atoms with Crippen LogP contribution in [0.15, 0.2) is 115 Å². The molecule has 0 fully saturated rings. The van der Waals surface area contributed by atoms with E-state index in [9.17, 15) is 0 Å². The molecule has 0 radical (unpaired) electrons. The molecule has 0 spiro atoms. The largest absolute Gasteiger partial charge is 0.309 e. The van der Waals surface area contributed by atoms with Crippen LogP contribution in [0.2, 0.25) is 0 Å². The number of hydrogen-bond acceptors (Lipinski definition) is 1. The van der Waals surface area contributed by atoms with Crippen molar-refractivity contribution in [3.63, 3.8) is 0 Å². The summed E-state index contributed by atoms with van der Waals surface area (Å²) in [6.07, 6.45) is 0. The molecule has 8 aromatic rings. The third-order valence-corrected chi connectivity index (χ3v) is 9.16. The number of nitrogens with zero attached hydrogens (tertiary/aromatic N) is 1. The van der Waals surface area contributed by atoms with Crippen molar-refractivity contribution in [1.29, 1.82) is 0 Å². The van der Waals surface area contributed by atoms with Gasteiger partial charge in [-0.05, 0) is 89.3 Å². The monoisotopic (exact) mass is 503 g/mol. The first kappa shape index (κ1) is 21.7. The minimum Gasteiger partial charge on any atom is -0.309 e. The van der Waals surface area contributed by atoms with Crippen LogP contribution in [0, 0.1) is 13.8 Å². The second-order valence-corrected chi connectivity index (χ2v) is 11.3. The summed E-state index contributed by atoms with van der Waals surface area (Å²) in [5.41, 5.74) is 8.98. The van der Waals surface area contributed by atoms with Gasteiger partial charge in [-0.25, -0.2) is 0 Å². The summed E-state index contributed by atoms with van der Waals surface area (Å²) in [5, 5.41) is 8.02. The van der Waals surface area contributed by atoms with Crippen LogP contribution in [-0.2, 0) is 0 Å². The van der Waals surface area contributed by atoms with Crippen molar-refractivity contribution in [1.82, 2.24) is 4.57 Å². The quantitative estimate of drug-likeness (QED) is 0.221. The molecule has 0 aliphatic heterocycles. The molecular formula is C36H25NS. The SMILES string of the molecule is Cc1cc2c(cc1-c1c(C)ccc3c1c1ccccc1n3-c1ccccc1)sc1ccc3ccccc3c12. The Morgan fingerprint density at radius 3 is 2.16 bits per heavy atom. The third kappa shape index (κ3) is 2.98. The van der Waals surface area contributed by atoms with E-state index in [1.165, 1.54) is 80.7 Å². The maximum Gasteiger partial charge on any atom is 0.0547 e. The van der Waals surface area contributed by atoms with Crippen LogP contribution >= 0.6 is 11.3 Å². The van der Waals surface area contributed by atoms with Crippen LogP contribution in [0.1, 0.15) is 11.1 Å². The highest BCUT2D eigenvalue weighted by molar-refractivity contribution is 7.26. The molecule has 0 atom stereocenters. The van der Waals surface area contributed by atoms with Gasteiger partial charge >= 0.3 is 0 Å². The van der Waals surface area contributed by atoms with E-state index in [2.05, 4.69) is 134 Å². The average Bonchev–Trinajstić information content (AvgIpc) is 3.49. The zero-order valence-electron chi connectivity index (χ0n) is 21.3. The second-order valence-electron chi connectivity index (χ2n) is 10.3. The molecule has 0 saturated carbocycles. The number of benzene rings is 6. The molecule has 2 aromatic heterocycles. The molecule has 0 N–H and O–H groups in total. The van der Waals surface area contributed by atoms with Crippen molar-refractivity contribution in [3.8, 4) is 16.8 Å². The molecule has 38 heavy (non-hydrogen) atoms. The van der Waals surface area contributed by atoms with E-state index in [0.717, 1.165) is 0 Å². The Kier molecular flexibility index (Phi) is 4.59. The van der Waals surface area contributed by atoms with Gasteiger partial charge in [-0.2, -0.15) is 0 Å². The Bertz CT molecular complexity index is 2190. The van der Waals surface area contributed by atoms with Gasteiger partial charge < -0.3 is 4.57 Å². The lowest BCUT2D eigenvalue weighted by Crippen LogP contribution is -1.94. The van der Waals surface area contributed by atoms with Gasteiger partial charge in [0.05, 0.1) is 11.0 Å². The van der Waals surface area contributed by atoms with Crippen LogP contribution in [0.4, 0.5) is 0 Å². The van der Waals surface area contributed by atoms with E-state index in [-0.39, 0.29) is 0 Å². The van der Waals surface area contributed by atoms with Gasteiger partial charge in [0.1, 0.15) is 0 Å². The molecule has 1 nitrogen and oxygen atoms in total. The Morgan fingerprint density at radius 1 is 0.526 bits per heavy atom. The summed E-state index contributed by atoms with van der Waals surface area (Å²) in [6, 6.07) is 42.3. The molecule has 2 heteroatoms. The molecule has 0 bridgehead atoms. The molecule has 6 aromatic carbocycles. The molecule has 0 amide bonds. The van der Waals surface area contributed by atoms with Crippen molar-refractivity contribution in [3.05, 3.63) is 126 Å². The Labute approximate surface area is 225 Å². The van der Waals surface area contributed by atoms with Crippen molar-refractivity contribution < 1.29 is 0 Å². The number of aromatic nitrogens is 1. The molecule has 0 unspecified atom stereocenters. The predicted molar refractivity (Wildman–Crippen MR) is 166 cm³/mol. The first-order valence-corrected chi connectivity index (χ1v) is 13.9. The van der Waals surface area contributed by atoms with E-state index in [0.29, 0.717) is 0 Å². The van der Waals surface area contributed by atoms with E-state index >= 15 is 0 Å². The van der Waals surface area contributed by atoms with Gasteiger partial charge in [0.15, 0.2) is 0 Å². The molecule has 0 saturated heterocycles.